The van der Waals surface area contributed by atoms with E-state index in [1.54, 1.807) is 6.08 Å². The largest absolute Gasteiger partial charge is 0.374 e. The molecule has 0 bridgehead atoms. The third kappa shape index (κ3) is 7.96. The summed E-state index contributed by atoms with van der Waals surface area (Å²) in [7, 11) is 0. The second-order valence-electron chi connectivity index (χ2n) is 9.00. The first-order chi connectivity index (χ1) is 18.3. The molecule has 1 unspecified atom stereocenters. The van der Waals surface area contributed by atoms with E-state index in [-0.39, 0.29) is 12.0 Å². The average molecular weight is 501 g/mol. The van der Waals surface area contributed by atoms with Crippen LogP contribution in [0.15, 0.2) is 116 Å². The van der Waals surface area contributed by atoms with Crippen LogP contribution in [0.25, 0.3) is 0 Å². The number of benzene rings is 3. The van der Waals surface area contributed by atoms with Crippen LogP contribution in [-0.4, -0.2) is 37.8 Å². The fourth-order valence-electron chi connectivity index (χ4n) is 4.43. The molecule has 1 aliphatic rings. The summed E-state index contributed by atoms with van der Waals surface area (Å²) < 4.78 is 31.6. The molecule has 4 rings (SSSR count). The molecule has 1 aliphatic heterocycles. The van der Waals surface area contributed by atoms with E-state index in [9.17, 15) is 0 Å². The van der Waals surface area contributed by atoms with Crippen molar-refractivity contribution in [3.05, 3.63) is 133 Å². The fourth-order valence-corrected chi connectivity index (χ4v) is 4.43. The predicted molar refractivity (Wildman–Crippen MR) is 145 cm³/mol. The van der Waals surface area contributed by atoms with Gasteiger partial charge in [0.1, 0.15) is 12.2 Å². The van der Waals surface area contributed by atoms with Gasteiger partial charge in [-0.1, -0.05) is 103 Å². The lowest BCUT2D eigenvalue weighted by Crippen LogP contribution is -2.57. The van der Waals surface area contributed by atoms with Gasteiger partial charge in [-0.25, -0.2) is 0 Å². The van der Waals surface area contributed by atoms with Gasteiger partial charge in [0, 0.05) is 0 Å². The SMILES string of the molecule is C=CCOC1O[C@H](COCc2ccccc2)[C@@H](OCc2ccccc2)[C@H](OCc2ccccc2)[C@H]1C=C. The minimum Gasteiger partial charge on any atom is -0.374 e. The molecule has 1 heterocycles. The molecular weight excluding hydrogens is 464 g/mol. The molecule has 1 saturated heterocycles. The Balaban J connectivity index is 1.55. The predicted octanol–water partition coefficient (Wildman–Crippen LogP) is 6.10. The first kappa shape index (κ1) is 27.0. The van der Waals surface area contributed by atoms with Crippen molar-refractivity contribution >= 4 is 0 Å². The van der Waals surface area contributed by atoms with Gasteiger partial charge in [-0.2, -0.15) is 0 Å². The van der Waals surface area contributed by atoms with Gasteiger partial charge in [0.05, 0.1) is 45.1 Å². The van der Waals surface area contributed by atoms with Gasteiger partial charge in [0.2, 0.25) is 0 Å². The van der Waals surface area contributed by atoms with Gasteiger partial charge in [-0.3, -0.25) is 0 Å². The summed E-state index contributed by atoms with van der Waals surface area (Å²) in [6, 6.07) is 30.3. The lowest BCUT2D eigenvalue weighted by atomic mass is 9.90. The van der Waals surface area contributed by atoms with Crippen LogP contribution in [0.5, 0.6) is 0 Å². The Kier molecular flexibility index (Phi) is 10.7. The highest BCUT2D eigenvalue weighted by Crippen LogP contribution is 2.33. The minimum atomic E-state index is -0.557. The van der Waals surface area contributed by atoms with E-state index in [1.165, 1.54) is 0 Å². The van der Waals surface area contributed by atoms with Crippen molar-refractivity contribution in [1.82, 2.24) is 0 Å². The highest BCUT2D eigenvalue weighted by molar-refractivity contribution is 5.15. The molecule has 0 radical (unpaired) electrons. The van der Waals surface area contributed by atoms with E-state index >= 15 is 0 Å². The molecule has 3 aromatic rings. The molecule has 0 saturated carbocycles. The van der Waals surface area contributed by atoms with Crippen LogP contribution in [0.4, 0.5) is 0 Å². The van der Waals surface area contributed by atoms with Crippen LogP contribution in [0, 0.1) is 5.92 Å². The number of hydrogen-bond donors (Lipinski definition) is 0. The smallest absolute Gasteiger partial charge is 0.167 e. The van der Waals surface area contributed by atoms with Crippen molar-refractivity contribution in [2.45, 2.75) is 44.4 Å². The van der Waals surface area contributed by atoms with Crippen molar-refractivity contribution in [1.29, 1.82) is 0 Å². The Bertz CT molecular complexity index is 1060. The van der Waals surface area contributed by atoms with Crippen molar-refractivity contribution < 1.29 is 23.7 Å². The lowest BCUT2D eigenvalue weighted by molar-refractivity contribution is -0.294. The van der Waals surface area contributed by atoms with Crippen molar-refractivity contribution in [3.63, 3.8) is 0 Å². The van der Waals surface area contributed by atoms with E-state index in [2.05, 4.69) is 13.2 Å². The summed E-state index contributed by atoms with van der Waals surface area (Å²) in [6.07, 6.45) is 1.84. The first-order valence-electron chi connectivity index (χ1n) is 12.7. The zero-order valence-electron chi connectivity index (χ0n) is 21.2. The van der Waals surface area contributed by atoms with Crippen LogP contribution in [0.1, 0.15) is 16.7 Å². The maximum atomic E-state index is 6.54. The molecule has 0 spiro atoms. The zero-order chi connectivity index (χ0) is 25.7. The summed E-state index contributed by atoms with van der Waals surface area (Å²) in [5.41, 5.74) is 3.26. The van der Waals surface area contributed by atoms with E-state index in [4.69, 9.17) is 23.7 Å². The molecule has 5 atom stereocenters. The molecular formula is C32H36O5. The summed E-state index contributed by atoms with van der Waals surface area (Å²) in [5.74, 6) is -0.241. The molecule has 1 fully saturated rings. The summed E-state index contributed by atoms with van der Waals surface area (Å²) in [4.78, 5) is 0. The number of rotatable bonds is 14. The zero-order valence-corrected chi connectivity index (χ0v) is 21.2. The van der Waals surface area contributed by atoms with Gasteiger partial charge < -0.3 is 23.7 Å². The Morgan fingerprint density at radius 3 is 1.68 bits per heavy atom. The molecule has 0 N–H and O–H groups in total. The molecule has 5 heteroatoms. The highest BCUT2D eigenvalue weighted by Gasteiger charge is 2.46. The van der Waals surface area contributed by atoms with Crippen LogP contribution < -0.4 is 0 Å². The van der Waals surface area contributed by atoms with Crippen LogP contribution in [0.2, 0.25) is 0 Å². The molecule has 3 aromatic carbocycles. The van der Waals surface area contributed by atoms with E-state index in [0.717, 1.165) is 16.7 Å². The van der Waals surface area contributed by atoms with Crippen LogP contribution in [-0.2, 0) is 43.5 Å². The van der Waals surface area contributed by atoms with Gasteiger partial charge in [-0.15, -0.1) is 13.2 Å². The summed E-state index contributed by atoms with van der Waals surface area (Å²) in [6.45, 7) is 9.89. The molecule has 0 amide bonds. The van der Waals surface area contributed by atoms with E-state index < -0.39 is 18.5 Å². The third-order valence-corrected chi connectivity index (χ3v) is 6.31. The van der Waals surface area contributed by atoms with Crippen LogP contribution in [0.3, 0.4) is 0 Å². The van der Waals surface area contributed by atoms with Crippen molar-refractivity contribution in [2.24, 2.45) is 5.92 Å². The Morgan fingerprint density at radius 2 is 1.16 bits per heavy atom. The summed E-state index contributed by atoms with van der Waals surface area (Å²) >= 11 is 0. The first-order valence-corrected chi connectivity index (χ1v) is 12.7. The second-order valence-corrected chi connectivity index (χ2v) is 9.00. The summed E-state index contributed by atoms with van der Waals surface area (Å²) in [5, 5.41) is 0. The minimum absolute atomic E-state index is 0.241. The highest BCUT2D eigenvalue weighted by atomic mass is 16.7. The van der Waals surface area contributed by atoms with Gasteiger partial charge in [-0.05, 0) is 16.7 Å². The lowest BCUT2D eigenvalue weighted by Gasteiger charge is -2.45. The normalized spacial score (nSPS) is 23.4. The van der Waals surface area contributed by atoms with E-state index in [1.807, 2.05) is 97.1 Å². The third-order valence-electron chi connectivity index (χ3n) is 6.31. The molecule has 5 nitrogen and oxygen atoms in total. The van der Waals surface area contributed by atoms with Gasteiger partial charge in [0.25, 0.3) is 0 Å². The Labute approximate surface area is 220 Å². The average Bonchev–Trinajstić information content (AvgIpc) is 2.95. The van der Waals surface area contributed by atoms with E-state index in [0.29, 0.717) is 33.0 Å². The fraction of sp³-hybridized carbons (Fsp3) is 0.312. The Morgan fingerprint density at radius 1 is 0.649 bits per heavy atom. The molecule has 37 heavy (non-hydrogen) atoms. The second kappa shape index (κ2) is 14.6. The van der Waals surface area contributed by atoms with Crippen molar-refractivity contribution in [3.8, 4) is 0 Å². The maximum absolute atomic E-state index is 6.54. The number of hydrogen-bond acceptors (Lipinski definition) is 5. The van der Waals surface area contributed by atoms with Gasteiger partial charge >= 0.3 is 0 Å². The maximum Gasteiger partial charge on any atom is 0.167 e. The Hall–Kier alpha value is -3.06. The number of ether oxygens (including phenoxy) is 5. The molecule has 0 aliphatic carbocycles. The molecule has 0 aromatic heterocycles. The molecule has 194 valence electrons. The van der Waals surface area contributed by atoms with Crippen molar-refractivity contribution in [2.75, 3.05) is 13.2 Å². The standard InChI is InChI=1S/C32H36O5/c1-3-20-34-32-28(4-2)30(35-22-26-16-10-6-11-17-26)31(36-23-27-18-12-7-13-19-27)29(37-32)24-33-21-25-14-8-5-9-15-25/h3-19,28-32H,1-2,20-24H2/t28-,29-,30-,31-,32?/m1/s1. The topological polar surface area (TPSA) is 46.2 Å². The quantitative estimate of drug-likeness (QED) is 0.250. The van der Waals surface area contributed by atoms with Gasteiger partial charge in [0.15, 0.2) is 6.29 Å². The monoisotopic (exact) mass is 500 g/mol. The van der Waals surface area contributed by atoms with Crippen LogP contribution >= 0.6 is 0 Å².